The molecule has 9 heteroatoms. The minimum absolute atomic E-state index is 0.143. The second kappa shape index (κ2) is 8.78. The van der Waals surface area contributed by atoms with Crippen LogP contribution in [0, 0.1) is 18.7 Å². The van der Waals surface area contributed by atoms with E-state index in [4.69, 9.17) is 17.3 Å². The number of nitrogens with two attached hydrogens (primary N) is 1. The number of amides is 1. The number of nitrogens with one attached hydrogen (secondary N) is 1. The smallest absolute Gasteiger partial charge is 0.251 e. The monoisotopic (exact) mass is 466 g/mol. The minimum atomic E-state index is -0.582. The van der Waals surface area contributed by atoms with E-state index in [9.17, 15) is 9.18 Å². The molecule has 0 aliphatic heterocycles. The van der Waals surface area contributed by atoms with Crippen molar-refractivity contribution in [3.8, 4) is 22.4 Å². The zero-order valence-corrected chi connectivity index (χ0v) is 19.5. The van der Waals surface area contributed by atoms with Crippen LogP contribution in [-0.2, 0) is 7.05 Å². The van der Waals surface area contributed by atoms with E-state index in [1.165, 1.54) is 12.5 Å². The van der Waals surface area contributed by atoms with E-state index in [1.54, 1.807) is 19.1 Å². The van der Waals surface area contributed by atoms with E-state index in [2.05, 4.69) is 20.3 Å². The van der Waals surface area contributed by atoms with Crippen LogP contribution in [0.5, 0.6) is 0 Å². The molecule has 0 saturated heterocycles. The van der Waals surface area contributed by atoms with Crippen LogP contribution in [0.15, 0.2) is 36.8 Å². The highest BCUT2D eigenvalue weighted by atomic mass is 35.5. The van der Waals surface area contributed by atoms with Crippen LogP contribution in [0.1, 0.15) is 29.8 Å². The van der Waals surface area contributed by atoms with Gasteiger partial charge in [-0.25, -0.2) is 19.3 Å². The van der Waals surface area contributed by atoms with Crippen molar-refractivity contribution in [2.24, 2.45) is 13.0 Å². The van der Waals surface area contributed by atoms with Crippen LogP contribution in [0.25, 0.3) is 33.4 Å². The Hall–Kier alpha value is -3.52. The third kappa shape index (κ3) is 4.02. The Kier molecular flexibility index (Phi) is 6.03. The fourth-order valence-corrected chi connectivity index (χ4v) is 4.04. The largest absolute Gasteiger partial charge is 0.383 e. The SMILES string of the molecule is Cc1c(-c2c(-c3ccc(C(=O)NCC(C)C)cc3)c3c(N)ncnc3n2C)cnc(Cl)c1F. The van der Waals surface area contributed by atoms with Crippen molar-refractivity contribution in [1.82, 2.24) is 24.8 Å². The van der Waals surface area contributed by atoms with Crippen molar-refractivity contribution >= 4 is 34.4 Å². The molecule has 0 aliphatic rings. The van der Waals surface area contributed by atoms with Gasteiger partial charge >= 0.3 is 0 Å². The normalized spacial score (nSPS) is 11.4. The van der Waals surface area contributed by atoms with Gasteiger partial charge in [0, 0.05) is 36.5 Å². The summed E-state index contributed by atoms with van der Waals surface area (Å²) in [5, 5.41) is 3.36. The summed E-state index contributed by atoms with van der Waals surface area (Å²) >= 11 is 5.89. The second-order valence-corrected chi connectivity index (χ2v) is 8.68. The van der Waals surface area contributed by atoms with Gasteiger partial charge in [-0.3, -0.25) is 4.79 Å². The number of rotatable bonds is 5. The molecule has 1 aromatic carbocycles. The number of fused-ring (bicyclic) bond motifs is 1. The molecule has 0 atom stereocenters. The van der Waals surface area contributed by atoms with E-state index in [-0.39, 0.29) is 11.1 Å². The van der Waals surface area contributed by atoms with Gasteiger partial charge < -0.3 is 15.6 Å². The molecule has 0 unspecified atom stereocenters. The average Bonchev–Trinajstić information content (AvgIpc) is 3.09. The van der Waals surface area contributed by atoms with Gasteiger partial charge in [0.2, 0.25) is 0 Å². The highest BCUT2D eigenvalue weighted by Crippen LogP contribution is 2.42. The van der Waals surface area contributed by atoms with E-state index < -0.39 is 5.82 Å². The van der Waals surface area contributed by atoms with Crippen molar-refractivity contribution in [3.05, 3.63) is 58.9 Å². The number of anilines is 1. The summed E-state index contributed by atoms with van der Waals surface area (Å²) in [6, 6.07) is 7.18. The Morgan fingerprint density at radius 2 is 1.91 bits per heavy atom. The molecule has 3 heterocycles. The molecule has 4 aromatic rings. The first kappa shape index (κ1) is 22.7. The van der Waals surface area contributed by atoms with E-state index >= 15 is 0 Å². The first-order valence-corrected chi connectivity index (χ1v) is 10.9. The molecular weight excluding hydrogens is 443 g/mol. The Bertz CT molecular complexity index is 1360. The summed E-state index contributed by atoms with van der Waals surface area (Å²) in [5.41, 5.74) is 10.5. The number of nitrogen functional groups attached to an aromatic ring is 1. The van der Waals surface area contributed by atoms with Gasteiger partial charge in [-0.2, -0.15) is 0 Å². The number of benzene rings is 1. The standard InChI is InChI=1S/C24H24ClFN6O/c1-12(2)9-29-24(33)15-7-5-14(6-8-15)17-18-22(27)30-11-31-23(18)32(4)20(17)16-10-28-21(25)19(26)13(16)3/h5-8,10-12H,9H2,1-4H3,(H,29,33)(H2,27,30,31). The molecule has 1 amide bonds. The zero-order chi connectivity index (χ0) is 23.9. The lowest BCUT2D eigenvalue weighted by molar-refractivity contribution is 0.0949. The number of aryl methyl sites for hydroxylation is 1. The molecule has 3 N–H and O–H groups in total. The summed E-state index contributed by atoms with van der Waals surface area (Å²) in [4.78, 5) is 25.0. The fourth-order valence-electron chi connectivity index (χ4n) is 3.85. The molecule has 170 valence electrons. The predicted octanol–water partition coefficient (Wildman–Crippen LogP) is 4.77. The molecule has 7 nitrogen and oxygen atoms in total. The maximum absolute atomic E-state index is 14.6. The molecule has 0 spiro atoms. The topological polar surface area (TPSA) is 98.7 Å². The lowest BCUT2D eigenvalue weighted by Gasteiger charge is -2.13. The Morgan fingerprint density at radius 3 is 2.58 bits per heavy atom. The quantitative estimate of drug-likeness (QED) is 0.413. The number of aromatic nitrogens is 4. The summed E-state index contributed by atoms with van der Waals surface area (Å²) in [7, 11) is 1.83. The number of carbonyl (C=O) groups excluding carboxylic acids is 1. The second-order valence-electron chi connectivity index (χ2n) is 8.32. The summed E-state index contributed by atoms with van der Waals surface area (Å²) in [6.07, 6.45) is 2.93. The highest BCUT2D eigenvalue weighted by molar-refractivity contribution is 6.29. The number of carbonyl (C=O) groups is 1. The lowest BCUT2D eigenvalue weighted by Crippen LogP contribution is -2.27. The van der Waals surface area contributed by atoms with Gasteiger partial charge in [0.15, 0.2) is 11.0 Å². The van der Waals surface area contributed by atoms with Crippen LogP contribution >= 0.6 is 11.6 Å². The van der Waals surface area contributed by atoms with Gasteiger partial charge in [0.1, 0.15) is 17.8 Å². The first-order valence-electron chi connectivity index (χ1n) is 10.5. The summed E-state index contributed by atoms with van der Waals surface area (Å²) < 4.78 is 16.5. The van der Waals surface area contributed by atoms with Crippen LogP contribution in [0.2, 0.25) is 5.15 Å². The third-order valence-electron chi connectivity index (χ3n) is 5.58. The molecule has 0 aliphatic carbocycles. The third-order valence-corrected chi connectivity index (χ3v) is 5.84. The van der Waals surface area contributed by atoms with Crippen molar-refractivity contribution in [3.63, 3.8) is 0 Å². The van der Waals surface area contributed by atoms with Gasteiger partial charge in [-0.1, -0.05) is 37.6 Å². The van der Waals surface area contributed by atoms with Crippen molar-refractivity contribution in [2.45, 2.75) is 20.8 Å². The minimum Gasteiger partial charge on any atom is -0.383 e. The Labute approximate surface area is 195 Å². The van der Waals surface area contributed by atoms with E-state index in [1.807, 2.05) is 37.6 Å². The van der Waals surface area contributed by atoms with E-state index in [0.29, 0.717) is 51.7 Å². The highest BCUT2D eigenvalue weighted by Gasteiger charge is 2.24. The van der Waals surface area contributed by atoms with Gasteiger partial charge in [-0.15, -0.1) is 0 Å². The first-order chi connectivity index (χ1) is 15.7. The average molecular weight is 467 g/mol. The molecule has 4 rings (SSSR count). The molecule has 33 heavy (non-hydrogen) atoms. The number of nitrogens with zero attached hydrogens (tertiary/aromatic N) is 4. The molecule has 0 radical (unpaired) electrons. The predicted molar refractivity (Wildman–Crippen MR) is 128 cm³/mol. The molecule has 0 saturated carbocycles. The molecule has 3 aromatic heterocycles. The van der Waals surface area contributed by atoms with Crippen molar-refractivity contribution in [2.75, 3.05) is 12.3 Å². The van der Waals surface area contributed by atoms with Gasteiger partial charge in [0.25, 0.3) is 5.91 Å². The fraction of sp³-hybridized carbons (Fsp3) is 0.250. The number of hydrogen-bond donors (Lipinski definition) is 2. The Balaban J connectivity index is 1.92. The summed E-state index contributed by atoms with van der Waals surface area (Å²) in [5.74, 6) is -0.0700. The van der Waals surface area contributed by atoms with E-state index in [0.717, 1.165) is 11.1 Å². The number of pyridine rings is 1. The van der Waals surface area contributed by atoms with Gasteiger partial charge in [0.05, 0.1) is 11.1 Å². The van der Waals surface area contributed by atoms with Crippen LogP contribution in [-0.4, -0.2) is 32.0 Å². The molecule has 0 bridgehead atoms. The summed E-state index contributed by atoms with van der Waals surface area (Å²) in [6.45, 7) is 6.32. The van der Waals surface area contributed by atoms with Crippen LogP contribution in [0.4, 0.5) is 10.2 Å². The zero-order valence-electron chi connectivity index (χ0n) is 18.8. The number of hydrogen-bond acceptors (Lipinski definition) is 5. The number of halogens is 2. The molecular formula is C24H24ClFN6O. The van der Waals surface area contributed by atoms with Crippen molar-refractivity contribution in [1.29, 1.82) is 0 Å². The maximum Gasteiger partial charge on any atom is 0.251 e. The molecule has 0 fully saturated rings. The lowest BCUT2D eigenvalue weighted by atomic mass is 9.96. The Morgan fingerprint density at radius 1 is 1.21 bits per heavy atom. The van der Waals surface area contributed by atoms with Gasteiger partial charge in [-0.05, 0) is 36.1 Å². The van der Waals surface area contributed by atoms with Crippen LogP contribution in [0.3, 0.4) is 0 Å². The van der Waals surface area contributed by atoms with Crippen LogP contribution < -0.4 is 11.1 Å². The van der Waals surface area contributed by atoms with Crippen molar-refractivity contribution < 1.29 is 9.18 Å². The maximum atomic E-state index is 14.6.